The fraction of sp³-hybridized carbons (Fsp3) is 0. The van der Waals surface area contributed by atoms with Gasteiger partial charge in [-0.3, -0.25) is 0 Å². The molecule has 0 heterocycles. The van der Waals surface area contributed by atoms with Crippen molar-refractivity contribution in [3.8, 4) is 0 Å². The molecule has 10 heteroatoms. The van der Waals surface area contributed by atoms with Gasteiger partial charge in [0.1, 0.15) is 0 Å². The Kier molecular flexibility index (Phi) is 36.2. The second kappa shape index (κ2) is 16.1. The predicted molar refractivity (Wildman–Crippen MR) is 20.7 cm³/mol. The fourth-order valence-electron chi connectivity index (χ4n) is 0. The molecule has 0 rings (SSSR count). The van der Waals surface area contributed by atoms with Crippen molar-refractivity contribution in [2.75, 3.05) is 0 Å². The Morgan fingerprint density at radius 3 is 0.800 bits per heavy atom. The van der Waals surface area contributed by atoms with Crippen LogP contribution in [0.3, 0.4) is 0 Å². The van der Waals surface area contributed by atoms with Crippen LogP contribution < -0.4 is 0 Å². The summed E-state index contributed by atoms with van der Waals surface area (Å²) < 4.78 is 0. The Bertz CT molecular complexity index is 73.7. The van der Waals surface area contributed by atoms with Crippen molar-refractivity contribution in [3.63, 3.8) is 0 Å². The van der Waals surface area contributed by atoms with Crippen LogP contribution in [-0.2, 0) is 17.1 Å². The molecule has 0 fully saturated rings. The Balaban J connectivity index is -0.0000000300. The Morgan fingerprint density at radius 2 is 0.800 bits per heavy atom. The van der Waals surface area contributed by atoms with Gasteiger partial charge < -0.3 is 30.6 Å². The molecule has 57 valence electrons. The van der Waals surface area contributed by atoms with Gasteiger partial charge in [0.25, 0.3) is 0 Å². The molecule has 0 aliphatic carbocycles. The first kappa shape index (κ1) is 22.4. The van der Waals surface area contributed by atoms with Gasteiger partial charge in [0.2, 0.25) is 0 Å². The molecule has 0 saturated carbocycles. The average Bonchev–Trinajstić information content (AvgIpc) is 1.25. The van der Waals surface area contributed by atoms with E-state index in [2.05, 4.69) is 0 Å². The number of nitrogens with zero attached hydrogens (tertiary/aromatic N) is 2. The van der Waals surface area contributed by atoms with E-state index in [4.69, 9.17) is 30.6 Å². The third kappa shape index (κ3) is 5040. The minimum absolute atomic E-state index is 0. The van der Waals surface area contributed by atoms with E-state index in [0.29, 0.717) is 0 Å². The van der Waals surface area contributed by atoms with Crippen LogP contribution in [0.4, 0.5) is 0 Å². The third-order valence-corrected chi connectivity index (χ3v) is 0. The average molecular weight is 319 g/mol. The summed E-state index contributed by atoms with van der Waals surface area (Å²) in [5.74, 6) is 0. The molecule has 8 nitrogen and oxygen atoms in total. The monoisotopic (exact) mass is 319 g/mol. The van der Waals surface area contributed by atoms with Crippen molar-refractivity contribution in [2.24, 2.45) is 0 Å². The van der Waals surface area contributed by atoms with Gasteiger partial charge in [0.15, 0.2) is 0 Å². The summed E-state index contributed by atoms with van der Waals surface area (Å²) in [6.45, 7) is 0. The van der Waals surface area contributed by atoms with Crippen LogP contribution in [0.2, 0.25) is 0 Å². The van der Waals surface area contributed by atoms with Crippen LogP contribution in [0.5, 0.6) is 0 Å². The molecule has 0 aromatic carbocycles. The topological polar surface area (TPSA) is 132 Å². The molecule has 1 radical (unpaired) electrons. The summed E-state index contributed by atoms with van der Waals surface area (Å²) in [6.07, 6.45) is 0. The standard InChI is InChI=1S/Ce.Mn.2NO3/c;;2*2-1(3)4/q;+2;2*-1. The quantitative estimate of drug-likeness (QED) is 0.336. The Hall–Kier alpha value is 0.296. The molecule has 10 heavy (non-hydrogen) atoms. The molecule has 0 N–H and O–H groups in total. The first-order chi connectivity index (χ1) is 3.46. The molecular weight excluding hydrogens is 319 g/mol. The van der Waals surface area contributed by atoms with Gasteiger partial charge in [-0.2, -0.15) is 0 Å². The summed E-state index contributed by atoms with van der Waals surface area (Å²) in [6, 6.07) is 0. The Labute approximate surface area is 98.7 Å². The summed E-state index contributed by atoms with van der Waals surface area (Å²) >= 11 is 0. The van der Waals surface area contributed by atoms with Gasteiger partial charge in [0.05, 0.1) is 10.2 Å². The Morgan fingerprint density at radius 1 is 0.800 bits per heavy atom. The van der Waals surface area contributed by atoms with E-state index in [1.807, 2.05) is 0 Å². The normalized spacial score (nSPS) is 4.80. The first-order valence-electron chi connectivity index (χ1n) is 1.10. The van der Waals surface area contributed by atoms with E-state index in [0.717, 1.165) is 0 Å². The van der Waals surface area contributed by atoms with Gasteiger partial charge in [-0.25, -0.2) is 0 Å². The van der Waals surface area contributed by atoms with Gasteiger partial charge in [-0.15, -0.1) is 0 Å². The van der Waals surface area contributed by atoms with E-state index < -0.39 is 10.2 Å². The molecule has 0 aliphatic rings. The van der Waals surface area contributed by atoms with Crippen molar-refractivity contribution in [1.29, 1.82) is 0 Å². The van der Waals surface area contributed by atoms with E-state index in [9.17, 15) is 0 Å². The van der Waals surface area contributed by atoms with Gasteiger partial charge in [-0.05, 0) is 0 Å². The summed E-state index contributed by atoms with van der Waals surface area (Å²) in [4.78, 5) is 16.5. The van der Waals surface area contributed by atoms with Crippen molar-refractivity contribution in [3.05, 3.63) is 30.6 Å². The van der Waals surface area contributed by atoms with E-state index in [1.165, 1.54) is 0 Å². The second-order valence-electron chi connectivity index (χ2n) is 0.447. The number of hydrogen-bond acceptors (Lipinski definition) is 6. The molecule has 0 unspecified atom stereocenters. The van der Waals surface area contributed by atoms with E-state index in [-0.39, 0.29) is 58.8 Å². The van der Waals surface area contributed by atoms with Crippen LogP contribution in [0.1, 0.15) is 0 Å². The molecule has 0 atom stereocenters. The summed E-state index contributed by atoms with van der Waals surface area (Å²) in [5.41, 5.74) is 0. The molecule has 0 aliphatic heterocycles. The van der Waals surface area contributed by atoms with Crippen molar-refractivity contribution < 1.29 is 69.0 Å². The van der Waals surface area contributed by atoms with Crippen molar-refractivity contribution in [1.82, 2.24) is 0 Å². The fourth-order valence-corrected chi connectivity index (χ4v) is 0. The van der Waals surface area contributed by atoms with E-state index in [1.54, 1.807) is 0 Å². The van der Waals surface area contributed by atoms with Crippen LogP contribution in [0.25, 0.3) is 0 Å². The van der Waals surface area contributed by atoms with Gasteiger partial charge >= 0.3 is 17.1 Å². The first-order valence-corrected chi connectivity index (χ1v) is 1.10. The third-order valence-electron chi connectivity index (χ3n) is 0. The molecule has 0 spiro atoms. The molecular formula is CeMnN2O6. The van der Waals surface area contributed by atoms with E-state index >= 15 is 0 Å². The van der Waals surface area contributed by atoms with Crippen molar-refractivity contribution >= 4 is 0 Å². The van der Waals surface area contributed by atoms with Crippen LogP contribution in [0.15, 0.2) is 0 Å². The molecule has 0 aromatic rings. The van der Waals surface area contributed by atoms with Crippen LogP contribution >= 0.6 is 0 Å². The predicted octanol–water partition coefficient (Wildman–Crippen LogP) is -0.481. The van der Waals surface area contributed by atoms with Gasteiger partial charge in [0, 0.05) is 41.7 Å². The SMILES string of the molecule is O=[N+]([O-])[O-].O=[N+]([O-])[O-].[Ce].[Mn+2]. The smallest absolute Gasteiger partial charge is 0.356 e. The zero-order valence-electron chi connectivity index (χ0n) is 4.22. The second-order valence-corrected chi connectivity index (χ2v) is 0.447. The summed E-state index contributed by atoms with van der Waals surface area (Å²) in [7, 11) is 0. The van der Waals surface area contributed by atoms with Gasteiger partial charge in [-0.1, -0.05) is 0 Å². The molecule has 0 aromatic heterocycles. The number of hydrogen-bond donors (Lipinski definition) is 0. The zero-order valence-corrected chi connectivity index (χ0v) is 8.54. The van der Waals surface area contributed by atoms with Crippen molar-refractivity contribution in [2.45, 2.75) is 0 Å². The molecule has 0 bridgehead atoms. The van der Waals surface area contributed by atoms with Crippen LogP contribution in [-0.4, -0.2) is 10.2 Å². The summed E-state index contributed by atoms with van der Waals surface area (Å²) in [5, 5.41) is 29.5. The minimum Gasteiger partial charge on any atom is -0.356 e. The maximum Gasteiger partial charge on any atom is 2.00 e. The zero-order chi connectivity index (χ0) is 7.15. The largest absolute Gasteiger partial charge is 2.00 e. The molecule has 0 saturated heterocycles. The molecule has 0 amide bonds. The maximum absolute atomic E-state index is 8.25. The van der Waals surface area contributed by atoms with Crippen LogP contribution in [0, 0.1) is 72.4 Å². The minimum atomic E-state index is -1.75. The number of rotatable bonds is 0. The maximum atomic E-state index is 8.25.